The van der Waals surface area contributed by atoms with Crippen LogP contribution in [-0.4, -0.2) is 35.5 Å². The van der Waals surface area contributed by atoms with Crippen molar-refractivity contribution in [2.45, 2.75) is 38.2 Å². The van der Waals surface area contributed by atoms with Crippen molar-refractivity contribution in [1.29, 1.82) is 0 Å². The lowest BCUT2D eigenvalue weighted by Gasteiger charge is -2.40. The van der Waals surface area contributed by atoms with Gasteiger partial charge >= 0.3 is 6.03 Å². The van der Waals surface area contributed by atoms with Crippen LogP contribution >= 0.6 is 0 Å². The number of urea groups is 1. The van der Waals surface area contributed by atoms with E-state index in [4.69, 9.17) is 9.15 Å². The number of methoxy groups -OCH3 is 1. The van der Waals surface area contributed by atoms with Crippen LogP contribution in [0, 0.1) is 0 Å². The van der Waals surface area contributed by atoms with Crippen LogP contribution in [0.5, 0.6) is 0 Å². The molecule has 0 atom stereocenters. The van der Waals surface area contributed by atoms with E-state index in [0.29, 0.717) is 30.4 Å². The van der Waals surface area contributed by atoms with Crippen molar-refractivity contribution in [2.75, 3.05) is 19.0 Å². The maximum atomic E-state index is 12.0. The Balaban J connectivity index is 1.54. The maximum Gasteiger partial charge on any atom is 0.319 e. The van der Waals surface area contributed by atoms with E-state index in [1.807, 2.05) is 19.1 Å². The number of hydrogen-bond donors (Lipinski definition) is 2. The third kappa shape index (κ3) is 3.56. The van der Waals surface area contributed by atoms with E-state index < -0.39 is 0 Å². The van der Waals surface area contributed by atoms with E-state index in [9.17, 15) is 4.79 Å². The molecule has 0 bridgehead atoms. The first-order chi connectivity index (χ1) is 11.6. The Kier molecular flexibility index (Phi) is 4.80. The van der Waals surface area contributed by atoms with Crippen molar-refractivity contribution in [1.82, 2.24) is 15.5 Å². The van der Waals surface area contributed by atoms with Crippen molar-refractivity contribution >= 4 is 11.7 Å². The molecule has 0 radical (unpaired) electrons. The number of benzene rings is 1. The van der Waals surface area contributed by atoms with Crippen LogP contribution in [0.2, 0.25) is 0 Å². The van der Waals surface area contributed by atoms with E-state index in [1.54, 1.807) is 19.2 Å². The summed E-state index contributed by atoms with van der Waals surface area (Å²) in [5.74, 6) is 1.09. The number of aryl methyl sites for hydroxylation is 1. The standard InChI is InChI=1S/C17H22N4O3/c1-3-14-20-21-15(24-14)12-5-7-13(8-6-12)19-16(22)18-11-17(23-2)9-4-10-17/h5-8H,3-4,9-11H2,1-2H3,(H2,18,19,22). The lowest BCUT2D eigenvalue weighted by molar-refractivity contribution is -0.0671. The molecule has 1 aromatic heterocycles. The predicted molar refractivity (Wildman–Crippen MR) is 89.7 cm³/mol. The second-order valence-corrected chi connectivity index (χ2v) is 5.98. The fourth-order valence-corrected chi connectivity index (χ4v) is 2.65. The van der Waals surface area contributed by atoms with Gasteiger partial charge in [-0.25, -0.2) is 4.79 Å². The van der Waals surface area contributed by atoms with E-state index in [-0.39, 0.29) is 11.6 Å². The second kappa shape index (κ2) is 7.00. The van der Waals surface area contributed by atoms with Crippen molar-refractivity contribution in [3.05, 3.63) is 30.2 Å². The SMILES string of the molecule is CCc1nnc(-c2ccc(NC(=O)NCC3(OC)CCC3)cc2)o1. The molecule has 3 rings (SSSR count). The summed E-state index contributed by atoms with van der Waals surface area (Å²) in [5, 5.41) is 13.6. The van der Waals surface area contributed by atoms with Crippen LogP contribution in [0.25, 0.3) is 11.5 Å². The molecule has 1 aromatic carbocycles. The molecule has 2 N–H and O–H groups in total. The van der Waals surface area contributed by atoms with Gasteiger partial charge in [-0.1, -0.05) is 6.92 Å². The molecule has 1 heterocycles. The third-order valence-corrected chi connectivity index (χ3v) is 4.43. The molecule has 128 valence electrons. The van der Waals surface area contributed by atoms with Gasteiger partial charge in [0.15, 0.2) is 0 Å². The van der Waals surface area contributed by atoms with Gasteiger partial charge in [0.05, 0.1) is 5.60 Å². The fourth-order valence-electron chi connectivity index (χ4n) is 2.65. The van der Waals surface area contributed by atoms with Crippen molar-refractivity contribution in [3.63, 3.8) is 0 Å². The van der Waals surface area contributed by atoms with Crippen LogP contribution in [0.3, 0.4) is 0 Å². The van der Waals surface area contributed by atoms with Gasteiger partial charge in [-0.2, -0.15) is 0 Å². The van der Waals surface area contributed by atoms with Gasteiger partial charge < -0.3 is 19.8 Å². The van der Waals surface area contributed by atoms with Gasteiger partial charge in [-0.05, 0) is 43.5 Å². The van der Waals surface area contributed by atoms with Gasteiger partial charge in [0.2, 0.25) is 11.8 Å². The summed E-state index contributed by atoms with van der Waals surface area (Å²) in [4.78, 5) is 12.0. The zero-order valence-corrected chi connectivity index (χ0v) is 14.0. The first kappa shape index (κ1) is 16.4. The summed E-state index contributed by atoms with van der Waals surface area (Å²) in [6.07, 6.45) is 3.83. The Labute approximate surface area is 140 Å². The quantitative estimate of drug-likeness (QED) is 0.850. The third-order valence-electron chi connectivity index (χ3n) is 4.43. The summed E-state index contributed by atoms with van der Waals surface area (Å²) < 4.78 is 11.0. The normalized spacial score (nSPS) is 15.6. The summed E-state index contributed by atoms with van der Waals surface area (Å²) >= 11 is 0. The zero-order chi connectivity index (χ0) is 17.0. The predicted octanol–water partition coefficient (Wildman–Crippen LogP) is 2.99. The molecule has 0 saturated heterocycles. The van der Waals surface area contributed by atoms with Crippen LogP contribution < -0.4 is 10.6 Å². The van der Waals surface area contributed by atoms with Crippen molar-refractivity contribution < 1.29 is 13.9 Å². The molecule has 2 aromatic rings. The number of anilines is 1. The second-order valence-electron chi connectivity index (χ2n) is 5.98. The number of carbonyl (C=O) groups excluding carboxylic acids is 1. The van der Waals surface area contributed by atoms with Crippen molar-refractivity contribution in [2.24, 2.45) is 0 Å². The Morgan fingerprint density at radius 3 is 2.58 bits per heavy atom. The van der Waals surface area contributed by atoms with Gasteiger partial charge in [0, 0.05) is 31.3 Å². The first-order valence-corrected chi connectivity index (χ1v) is 8.17. The number of carbonyl (C=O) groups is 1. The minimum atomic E-state index is -0.239. The molecule has 1 aliphatic rings. The van der Waals surface area contributed by atoms with E-state index >= 15 is 0 Å². The minimum absolute atomic E-state index is 0.184. The van der Waals surface area contributed by atoms with Crippen LogP contribution in [-0.2, 0) is 11.2 Å². The van der Waals surface area contributed by atoms with Crippen LogP contribution in [0.15, 0.2) is 28.7 Å². The average molecular weight is 330 g/mol. The Hall–Kier alpha value is -2.41. The number of aromatic nitrogens is 2. The first-order valence-electron chi connectivity index (χ1n) is 8.17. The molecule has 1 aliphatic carbocycles. The highest BCUT2D eigenvalue weighted by molar-refractivity contribution is 5.89. The summed E-state index contributed by atoms with van der Waals surface area (Å²) in [6.45, 7) is 2.48. The van der Waals surface area contributed by atoms with Crippen LogP contribution in [0.4, 0.5) is 10.5 Å². The number of hydrogen-bond acceptors (Lipinski definition) is 5. The molecule has 0 unspecified atom stereocenters. The summed E-state index contributed by atoms with van der Waals surface area (Å²) in [7, 11) is 1.69. The Bertz CT molecular complexity index is 687. The highest BCUT2D eigenvalue weighted by Gasteiger charge is 2.37. The highest BCUT2D eigenvalue weighted by atomic mass is 16.5. The number of rotatable bonds is 6. The average Bonchev–Trinajstić information content (AvgIpc) is 3.04. The molecule has 24 heavy (non-hydrogen) atoms. The van der Waals surface area contributed by atoms with Crippen molar-refractivity contribution in [3.8, 4) is 11.5 Å². The molecule has 1 fully saturated rings. The zero-order valence-electron chi connectivity index (χ0n) is 14.0. The Morgan fingerprint density at radius 2 is 2.04 bits per heavy atom. The molecule has 7 nitrogen and oxygen atoms in total. The van der Waals surface area contributed by atoms with E-state index in [2.05, 4.69) is 20.8 Å². The molecule has 1 saturated carbocycles. The number of ether oxygens (including phenoxy) is 1. The number of nitrogens with one attached hydrogen (secondary N) is 2. The molecule has 0 spiro atoms. The molecule has 2 amide bonds. The number of nitrogens with zero attached hydrogens (tertiary/aromatic N) is 2. The summed E-state index contributed by atoms with van der Waals surface area (Å²) in [5.41, 5.74) is 1.34. The maximum absolute atomic E-state index is 12.0. The lowest BCUT2D eigenvalue weighted by atomic mass is 9.80. The molecule has 7 heteroatoms. The van der Waals surface area contributed by atoms with Gasteiger partial charge in [0.25, 0.3) is 0 Å². The fraction of sp³-hybridized carbons (Fsp3) is 0.471. The number of amides is 2. The topological polar surface area (TPSA) is 89.3 Å². The smallest absolute Gasteiger partial charge is 0.319 e. The van der Waals surface area contributed by atoms with Gasteiger partial charge in [0.1, 0.15) is 0 Å². The highest BCUT2D eigenvalue weighted by Crippen LogP contribution is 2.34. The summed E-state index contributed by atoms with van der Waals surface area (Å²) in [6, 6.07) is 7.05. The largest absolute Gasteiger partial charge is 0.421 e. The minimum Gasteiger partial charge on any atom is -0.421 e. The molecular formula is C17H22N4O3. The molecular weight excluding hydrogens is 308 g/mol. The lowest BCUT2D eigenvalue weighted by Crippen LogP contribution is -2.50. The van der Waals surface area contributed by atoms with Crippen LogP contribution in [0.1, 0.15) is 32.1 Å². The monoisotopic (exact) mass is 330 g/mol. The van der Waals surface area contributed by atoms with Gasteiger partial charge in [-0.15, -0.1) is 10.2 Å². The Morgan fingerprint density at radius 1 is 1.29 bits per heavy atom. The van der Waals surface area contributed by atoms with E-state index in [0.717, 1.165) is 24.8 Å². The molecule has 0 aliphatic heterocycles. The van der Waals surface area contributed by atoms with E-state index in [1.165, 1.54) is 0 Å². The van der Waals surface area contributed by atoms with Gasteiger partial charge in [-0.3, -0.25) is 0 Å².